The van der Waals surface area contributed by atoms with E-state index in [-0.39, 0.29) is 11.1 Å². The van der Waals surface area contributed by atoms with Crippen molar-refractivity contribution in [1.29, 1.82) is 0 Å². The number of hydrogen-bond donors (Lipinski definition) is 10. The van der Waals surface area contributed by atoms with Crippen LogP contribution in [0, 0.1) is 0 Å². The number of ether oxygens (including phenoxy) is 4. The summed E-state index contributed by atoms with van der Waals surface area (Å²) in [7, 11) is 0. The third kappa shape index (κ3) is 5.14. The predicted molar refractivity (Wildman–Crippen MR) is 136 cm³/mol. The maximum absolute atomic E-state index is 13.7. The minimum absolute atomic E-state index is 0.232. The first-order valence-electron chi connectivity index (χ1n) is 12.6. The van der Waals surface area contributed by atoms with Gasteiger partial charge in [-0.05, 0) is 19.1 Å². The van der Waals surface area contributed by atoms with Gasteiger partial charge in [-0.3, -0.25) is 4.79 Å². The number of rotatable bonds is 5. The summed E-state index contributed by atoms with van der Waals surface area (Å²) in [5.41, 5.74) is -1.64. The van der Waals surface area contributed by atoms with E-state index in [9.17, 15) is 55.9 Å². The van der Waals surface area contributed by atoms with Crippen molar-refractivity contribution in [1.82, 2.24) is 0 Å². The molecule has 228 valence electrons. The molecule has 9 atom stereocenters. The van der Waals surface area contributed by atoms with E-state index in [1.165, 1.54) is 6.92 Å². The van der Waals surface area contributed by atoms with Crippen molar-refractivity contribution in [2.75, 3.05) is 6.61 Å². The molecule has 0 saturated carbocycles. The maximum atomic E-state index is 13.7. The molecular weight excluding hydrogens is 568 g/mol. The molecule has 16 nitrogen and oxygen atoms in total. The second-order valence-corrected chi connectivity index (χ2v) is 9.95. The number of benzene rings is 2. The van der Waals surface area contributed by atoms with Crippen LogP contribution in [0.25, 0.3) is 22.3 Å². The summed E-state index contributed by atoms with van der Waals surface area (Å²) in [4.78, 5) is 13.7. The summed E-state index contributed by atoms with van der Waals surface area (Å²) in [5, 5.41) is 101. The van der Waals surface area contributed by atoms with Gasteiger partial charge < -0.3 is 74.4 Å². The average Bonchev–Trinajstić information content (AvgIpc) is 2.93. The van der Waals surface area contributed by atoms with Gasteiger partial charge in [0.15, 0.2) is 35.4 Å². The minimum atomic E-state index is -1.81. The molecule has 2 saturated heterocycles. The van der Waals surface area contributed by atoms with E-state index in [1.54, 1.807) is 0 Å². The zero-order valence-corrected chi connectivity index (χ0v) is 21.6. The first-order chi connectivity index (χ1) is 19.8. The standard InChI is InChI=1S/C26H28O16/c1-7-16(32)20(36)24(42-25-21(37)18(34)13(31)6-38-25)26(39-7)41-23-19(35)15-10(28)4-9(27)5-14(15)40-22(23)8-2-11(29)17(33)12(30)3-8/h2-5,7,13,16,18,20-21,24-34,36-37H,6H2,1H3/t7?,13-,16+,18?,20?,21-,24+,25+,26+/m1/s1. The molecule has 16 heteroatoms. The SMILES string of the molecule is CC1O[C@@H](Oc2c(-c3cc(O)c(O)c(O)c3)oc3cc(O)cc(O)c3c2=O)[C@@H](O[C@@H]2OC[C@@H](O)C(O)[C@H]2O)C(O)[C@H]1O. The van der Waals surface area contributed by atoms with Crippen LogP contribution in [0.1, 0.15) is 6.92 Å². The smallest absolute Gasteiger partial charge is 0.239 e. The van der Waals surface area contributed by atoms with E-state index in [4.69, 9.17) is 23.4 Å². The van der Waals surface area contributed by atoms with E-state index >= 15 is 0 Å². The number of aliphatic hydroxyl groups is 5. The normalized spacial score (nSPS) is 31.7. The predicted octanol–water partition coefficient (Wildman–Crippen LogP) is -1.34. The van der Waals surface area contributed by atoms with Crippen LogP contribution in [-0.2, 0) is 14.2 Å². The Kier molecular flexibility index (Phi) is 7.82. The highest BCUT2D eigenvalue weighted by atomic mass is 16.8. The van der Waals surface area contributed by atoms with Crippen LogP contribution in [0.15, 0.2) is 33.5 Å². The van der Waals surface area contributed by atoms with Gasteiger partial charge in [-0.15, -0.1) is 0 Å². The van der Waals surface area contributed by atoms with Crippen molar-refractivity contribution < 1.29 is 74.4 Å². The first kappa shape index (κ1) is 29.6. The molecule has 0 radical (unpaired) electrons. The van der Waals surface area contributed by atoms with Crippen LogP contribution in [0.2, 0.25) is 0 Å². The third-order valence-electron chi connectivity index (χ3n) is 7.01. The number of aromatic hydroxyl groups is 5. The van der Waals surface area contributed by atoms with E-state index in [0.717, 1.165) is 24.3 Å². The number of phenols is 5. The molecule has 42 heavy (non-hydrogen) atoms. The Balaban J connectivity index is 1.63. The van der Waals surface area contributed by atoms with Gasteiger partial charge in [0.2, 0.25) is 17.5 Å². The number of aliphatic hydroxyl groups excluding tert-OH is 5. The molecule has 2 aliphatic rings. The fraction of sp³-hybridized carbons (Fsp3) is 0.423. The van der Waals surface area contributed by atoms with Crippen LogP contribution in [-0.4, -0.2) is 113 Å². The number of phenolic OH excluding ortho intramolecular Hbond substituents is 5. The highest BCUT2D eigenvalue weighted by Crippen LogP contribution is 2.43. The lowest BCUT2D eigenvalue weighted by atomic mass is 9.99. The largest absolute Gasteiger partial charge is 0.508 e. The van der Waals surface area contributed by atoms with Crippen molar-refractivity contribution in [2.24, 2.45) is 0 Å². The molecule has 0 amide bonds. The quantitative estimate of drug-likeness (QED) is 0.153. The molecule has 2 aromatic carbocycles. The lowest BCUT2D eigenvalue weighted by Crippen LogP contribution is -2.62. The zero-order chi connectivity index (χ0) is 30.6. The zero-order valence-electron chi connectivity index (χ0n) is 21.6. The Labute approximate surface area is 235 Å². The van der Waals surface area contributed by atoms with Crippen molar-refractivity contribution in [3.05, 3.63) is 34.5 Å². The summed E-state index contributed by atoms with van der Waals surface area (Å²) in [5.74, 6) is -4.94. The molecule has 10 N–H and O–H groups in total. The van der Waals surface area contributed by atoms with E-state index in [0.29, 0.717) is 0 Å². The Morgan fingerprint density at radius 3 is 2.14 bits per heavy atom. The first-order valence-corrected chi connectivity index (χ1v) is 12.6. The van der Waals surface area contributed by atoms with Gasteiger partial charge in [0, 0.05) is 17.7 Å². The third-order valence-corrected chi connectivity index (χ3v) is 7.01. The highest BCUT2D eigenvalue weighted by molar-refractivity contribution is 5.88. The fourth-order valence-electron chi connectivity index (χ4n) is 4.71. The van der Waals surface area contributed by atoms with Gasteiger partial charge in [-0.25, -0.2) is 0 Å². The number of fused-ring (bicyclic) bond motifs is 1. The highest BCUT2D eigenvalue weighted by Gasteiger charge is 2.49. The fourth-order valence-corrected chi connectivity index (χ4v) is 4.71. The van der Waals surface area contributed by atoms with Gasteiger partial charge in [0.25, 0.3) is 0 Å². The van der Waals surface area contributed by atoms with Crippen molar-refractivity contribution in [3.63, 3.8) is 0 Å². The lowest BCUT2D eigenvalue weighted by molar-refractivity contribution is -0.341. The molecule has 0 bridgehead atoms. The Hall–Kier alpha value is -3.87. The van der Waals surface area contributed by atoms with Crippen molar-refractivity contribution in [2.45, 2.75) is 62.2 Å². The summed E-state index contributed by atoms with van der Waals surface area (Å²) < 4.78 is 28.1. The number of hydrogen-bond acceptors (Lipinski definition) is 16. The van der Waals surface area contributed by atoms with Crippen molar-refractivity contribution >= 4 is 11.0 Å². The monoisotopic (exact) mass is 596 g/mol. The second kappa shape index (κ2) is 11.1. The second-order valence-electron chi connectivity index (χ2n) is 9.95. The van der Waals surface area contributed by atoms with Crippen LogP contribution < -0.4 is 10.2 Å². The minimum Gasteiger partial charge on any atom is -0.508 e. The molecule has 3 unspecified atom stereocenters. The molecule has 2 aliphatic heterocycles. The summed E-state index contributed by atoms with van der Waals surface area (Å²) in [6, 6.07) is 3.67. The maximum Gasteiger partial charge on any atom is 0.239 e. The molecule has 2 fully saturated rings. The summed E-state index contributed by atoms with van der Waals surface area (Å²) in [6.07, 6.45) is -14.6. The summed E-state index contributed by atoms with van der Waals surface area (Å²) >= 11 is 0. The van der Waals surface area contributed by atoms with Crippen LogP contribution in [0.5, 0.6) is 34.5 Å². The molecular formula is C26H28O16. The lowest BCUT2D eigenvalue weighted by Gasteiger charge is -2.44. The average molecular weight is 596 g/mol. The van der Waals surface area contributed by atoms with E-state index < -0.39 is 113 Å². The van der Waals surface area contributed by atoms with Crippen molar-refractivity contribution in [3.8, 4) is 45.8 Å². The molecule has 3 heterocycles. The summed E-state index contributed by atoms with van der Waals surface area (Å²) in [6.45, 7) is 0.899. The van der Waals surface area contributed by atoms with Gasteiger partial charge in [-0.1, -0.05) is 0 Å². The Bertz CT molecular complexity index is 1510. The van der Waals surface area contributed by atoms with Crippen LogP contribution in [0.3, 0.4) is 0 Å². The van der Waals surface area contributed by atoms with Gasteiger partial charge in [0.1, 0.15) is 53.0 Å². The Morgan fingerprint density at radius 1 is 0.810 bits per heavy atom. The molecule has 0 aliphatic carbocycles. The van der Waals surface area contributed by atoms with Gasteiger partial charge in [-0.2, -0.15) is 0 Å². The molecule has 1 aromatic heterocycles. The molecule has 0 spiro atoms. The Morgan fingerprint density at radius 2 is 1.48 bits per heavy atom. The van der Waals surface area contributed by atoms with Gasteiger partial charge >= 0.3 is 0 Å². The van der Waals surface area contributed by atoms with Crippen LogP contribution >= 0.6 is 0 Å². The topological polar surface area (TPSA) is 269 Å². The van der Waals surface area contributed by atoms with E-state index in [2.05, 4.69) is 0 Å². The van der Waals surface area contributed by atoms with E-state index in [1.807, 2.05) is 0 Å². The molecule has 3 aromatic rings. The van der Waals surface area contributed by atoms with Gasteiger partial charge in [0.05, 0.1) is 12.7 Å². The van der Waals surface area contributed by atoms with Crippen LogP contribution in [0.4, 0.5) is 0 Å². The molecule has 5 rings (SSSR count).